The first kappa shape index (κ1) is 21.8. The third-order valence-corrected chi connectivity index (χ3v) is 4.43. The van der Waals surface area contributed by atoms with E-state index in [4.69, 9.17) is 19.3 Å². The minimum absolute atomic E-state index is 0.180. The lowest BCUT2D eigenvalue weighted by Crippen LogP contribution is -2.06. The van der Waals surface area contributed by atoms with E-state index in [1.165, 1.54) is 5.56 Å². The van der Waals surface area contributed by atoms with Crippen LogP contribution in [0.15, 0.2) is 42.5 Å². The van der Waals surface area contributed by atoms with Gasteiger partial charge in [0.1, 0.15) is 5.75 Å². The van der Waals surface area contributed by atoms with Crippen molar-refractivity contribution in [1.29, 1.82) is 0 Å². The third-order valence-electron chi connectivity index (χ3n) is 4.43. The SMILES string of the molecule is CCC(=O)Oc1ccccc1CC.OCCCCCc1ccc2c(c1)OCO2. The van der Waals surface area contributed by atoms with Crippen molar-refractivity contribution in [2.24, 2.45) is 0 Å². The Morgan fingerprint density at radius 1 is 1.04 bits per heavy atom. The zero-order valence-corrected chi connectivity index (χ0v) is 16.8. The number of benzene rings is 2. The summed E-state index contributed by atoms with van der Waals surface area (Å²) in [7, 11) is 0. The number of carbonyl (C=O) groups is 1. The molecule has 0 saturated heterocycles. The number of esters is 1. The van der Waals surface area contributed by atoms with E-state index in [-0.39, 0.29) is 5.97 Å². The summed E-state index contributed by atoms with van der Waals surface area (Å²) >= 11 is 0. The fourth-order valence-electron chi connectivity index (χ4n) is 2.80. The molecule has 28 heavy (non-hydrogen) atoms. The van der Waals surface area contributed by atoms with Crippen molar-refractivity contribution in [3.05, 3.63) is 53.6 Å². The van der Waals surface area contributed by atoms with Crippen LogP contribution in [0.3, 0.4) is 0 Å². The van der Waals surface area contributed by atoms with Crippen LogP contribution in [-0.4, -0.2) is 24.5 Å². The number of ether oxygens (including phenoxy) is 3. The molecule has 2 aromatic rings. The maximum atomic E-state index is 11.0. The van der Waals surface area contributed by atoms with Crippen molar-refractivity contribution in [2.45, 2.75) is 52.4 Å². The molecule has 2 aromatic carbocycles. The topological polar surface area (TPSA) is 65.0 Å². The maximum absolute atomic E-state index is 11.0. The first-order valence-corrected chi connectivity index (χ1v) is 9.95. The molecule has 5 heteroatoms. The number of unbranched alkanes of at least 4 members (excludes halogenated alkanes) is 2. The molecular formula is C23H30O5. The number of aliphatic hydroxyl groups excluding tert-OH is 1. The number of para-hydroxylation sites is 1. The Morgan fingerprint density at radius 2 is 1.82 bits per heavy atom. The fourth-order valence-corrected chi connectivity index (χ4v) is 2.80. The highest BCUT2D eigenvalue weighted by Gasteiger charge is 2.12. The van der Waals surface area contributed by atoms with E-state index in [9.17, 15) is 4.79 Å². The van der Waals surface area contributed by atoms with E-state index in [0.29, 0.717) is 25.6 Å². The predicted octanol–water partition coefficient (Wildman–Crippen LogP) is 4.68. The monoisotopic (exact) mass is 386 g/mol. The summed E-state index contributed by atoms with van der Waals surface area (Å²) in [6, 6.07) is 13.7. The number of hydrogen-bond donors (Lipinski definition) is 1. The van der Waals surface area contributed by atoms with Crippen LogP contribution >= 0.6 is 0 Å². The van der Waals surface area contributed by atoms with Gasteiger partial charge in [-0.2, -0.15) is 0 Å². The summed E-state index contributed by atoms with van der Waals surface area (Å²) in [4.78, 5) is 11.0. The van der Waals surface area contributed by atoms with Crippen LogP contribution in [-0.2, 0) is 17.6 Å². The Labute approximate surface area is 167 Å². The lowest BCUT2D eigenvalue weighted by Gasteiger charge is -2.06. The van der Waals surface area contributed by atoms with Crippen molar-refractivity contribution in [1.82, 2.24) is 0 Å². The molecule has 0 radical (unpaired) electrons. The molecule has 0 aromatic heterocycles. The van der Waals surface area contributed by atoms with Gasteiger partial charge in [-0.1, -0.05) is 44.5 Å². The van der Waals surface area contributed by atoms with Crippen molar-refractivity contribution >= 4 is 5.97 Å². The van der Waals surface area contributed by atoms with Gasteiger partial charge in [0.05, 0.1) is 0 Å². The van der Waals surface area contributed by atoms with Crippen LogP contribution < -0.4 is 14.2 Å². The molecule has 0 spiro atoms. The number of rotatable bonds is 8. The zero-order chi connectivity index (χ0) is 20.2. The second-order valence-corrected chi connectivity index (χ2v) is 6.51. The lowest BCUT2D eigenvalue weighted by atomic mass is 10.1. The molecule has 0 aliphatic carbocycles. The minimum atomic E-state index is -0.180. The Hall–Kier alpha value is -2.53. The van der Waals surface area contributed by atoms with Crippen molar-refractivity contribution in [3.8, 4) is 17.2 Å². The second kappa shape index (κ2) is 12.0. The summed E-state index contributed by atoms with van der Waals surface area (Å²) < 4.78 is 15.7. The molecule has 152 valence electrons. The van der Waals surface area contributed by atoms with Gasteiger partial charge in [-0.3, -0.25) is 4.79 Å². The Morgan fingerprint density at radius 3 is 2.57 bits per heavy atom. The van der Waals surface area contributed by atoms with Crippen molar-refractivity contribution in [3.63, 3.8) is 0 Å². The molecule has 0 unspecified atom stereocenters. The number of aryl methyl sites for hydroxylation is 2. The number of carbonyl (C=O) groups excluding carboxylic acids is 1. The van der Waals surface area contributed by atoms with E-state index in [2.05, 4.69) is 6.07 Å². The van der Waals surface area contributed by atoms with Gasteiger partial charge in [0.15, 0.2) is 11.5 Å². The lowest BCUT2D eigenvalue weighted by molar-refractivity contribution is -0.134. The van der Waals surface area contributed by atoms with Gasteiger partial charge in [-0.25, -0.2) is 0 Å². The molecule has 0 saturated carbocycles. The molecule has 1 heterocycles. The summed E-state index contributed by atoms with van der Waals surface area (Å²) in [5.41, 5.74) is 2.35. The highest BCUT2D eigenvalue weighted by Crippen LogP contribution is 2.32. The first-order valence-electron chi connectivity index (χ1n) is 9.95. The van der Waals surface area contributed by atoms with Crippen LogP contribution in [0.25, 0.3) is 0 Å². The van der Waals surface area contributed by atoms with Gasteiger partial charge in [-0.05, 0) is 55.0 Å². The zero-order valence-electron chi connectivity index (χ0n) is 16.8. The van der Waals surface area contributed by atoms with Crippen LogP contribution in [0.5, 0.6) is 17.2 Å². The summed E-state index contributed by atoms with van der Waals surface area (Å²) in [5.74, 6) is 2.21. The molecular weight excluding hydrogens is 356 g/mol. The first-order chi connectivity index (χ1) is 13.7. The van der Waals surface area contributed by atoms with Gasteiger partial charge in [0.25, 0.3) is 0 Å². The van der Waals surface area contributed by atoms with E-state index in [1.807, 2.05) is 43.3 Å². The predicted molar refractivity (Wildman–Crippen MR) is 109 cm³/mol. The average molecular weight is 386 g/mol. The number of fused-ring (bicyclic) bond motifs is 1. The molecule has 1 aliphatic heterocycles. The summed E-state index contributed by atoms with van der Waals surface area (Å²) in [6.07, 6.45) is 5.41. The maximum Gasteiger partial charge on any atom is 0.310 e. The van der Waals surface area contributed by atoms with Gasteiger partial charge >= 0.3 is 5.97 Å². The van der Waals surface area contributed by atoms with E-state index < -0.39 is 0 Å². The van der Waals surface area contributed by atoms with Crippen LogP contribution in [0.4, 0.5) is 0 Å². The van der Waals surface area contributed by atoms with Crippen LogP contribution in [0.1, 0.15) is 50.7 Å². The van der Waals surface area contributed by atoms with Crippen molar-refractivity contribution in [2.75, 3.05) is 13.4 Å². The van der Waals surface area contributed by atoms with Crippen LogP contribution in [0.2, 0.25) is 0 Å². The quantitative estimate of drug-likeness (QED) is 0.405. The normalized spacial score (nSPS) is 11.5. The fraction of sp³-hybridized carbons (Fsp3) is 0.435. The van der Waals surface area contributed by atoms with Gasteiger partial charge in [0, 0.05) is 13.0 Å². The molecule has 1 aliphatic rings. The van der Waals surface area contributed by atoms with Gasteiger partial charge in [0.2, 0.25) is 6.79 Å². The second-order valence-electron chi connectivity index (χ2n) is 6.51. The van der Waals surface area contributed by atoms with E-state index in [0.717, 1.165) is 49.2 Å². The third kappa shape index (κ3) is 6.89. The van der Waals surface area contributed by atoms with Gasteiger partial charge < -0.3 is 19.3 Å². The number of hydrogen-bond acceptors (Lipinski definition) is 5. The molecule has 3 rings (SSSR count). The Balaban J connectivity index is 0.000000203. The minimum Gasteiger partial charge on any atom is -0.454 e. The highest BCUT2D eigenvalue weighted by atomic mass is 16.7. The molecule has 0 atom stereocenters. The smallest absolute Gasteiger partial charge is 0.310 e. The van der Waals surface area contributed by atoms with Crippen molar-refractivity contribution < 1.29 is 24.1 Å². The summed E-state index contributed by atoms with van der Waals surface area (Å²) in [5, 5.41) is 8.65. The Bertz CT molecular complexity index is 742. The molecule has 0 amide bonds. The van der Waals surface area contributed by atoms with Crippen LogP contribution in [0, 0.1) is 0 Å². The van der Waals surface area contributed by atoms with E-state index >= 15 is 0 Å². The standard InChI is InChI=1S/C12H16O3.C11H14O2/c13-7-3-1-2-4-10-5-6-11-12(8-10)15-9-14-11;1-3-9-7-5-6-8-10(9)13-11(12)4-2/h5-6,8,13H,1-4,7,9H2;5-8H,3-4H2,1-2H3. The summed E-state index contributed by atoms with van der Waals surface area (Å²) in [6.45, 7) is 4.46. The molecule has 0 bridgehead atoms. The largest absolute Gasteiger partial charge is 0.454 e. The van der Waals surface area contributed by atoms with Gasteiger partial charge in [-0.15, -0.1) is 0 Å². The highest BCUT2D eigenvalue weighted by molar-refractivity contribution is 5.72. The molecule has 0 fully saturated rings. The molecule has 5 nitrogen and oxygen atoms in total. The number of aliphatic hydroxyl groups is 1. The molecule has 1 N–H and O–H groups in total. The van der Waals surface area contributed by atoms with E-state index in [1.54, 1.807) is 6.92 Å². The Kier molecular flexibility index (Phi) is 9.35. The average Bonchev–Trinajstić information content (AvgIpc) is 3.20.